The van der Waals surface area contributed by atoms with Crippen LogP contribution in [0.1, 0.15) is 18.9 Å². The first-order chi connectivity index (χ1) is 12.0. The van der Waals surface area contributed by atoms with Crippen LogP contribution in [-0.4, -0.2) is 48.3 Å². The number of piperidine rings is 1. The predicted molar refractivity (Wildman–Crippen MR) is 93.2 cm³/mol. The zero-order chi connectivity index (χ0) is 17.7. The summed E-state index contributed by atoms with van der Waals surface area (Å²) in [6.45, 7) is 0.806. The molecule has 1 fully saturated rings. The Labute approximate surface area is 147 Å². The van der Waals surface area contributed by atoms with Crippen molar-refractivity contribution in [2.24, 2.45) is 7.05 Å². The third kappa shape index (κ3) is 2.44. The Morgan fingerprint density at radius 2 is 2.04 bits per heavy atom. The molecule has 25 heavy (non-hydrogen) atoms. The normalized spacial score (nSPS) is 16.0. The van der Waals surface area contributed by atoms with E-state index in [9.17, 15) is 9.59 Å². The molecule has 1 aliphatic rings. The van der Waals surface area contributed by atoms with Gasteiger partial charge in [0.1, 0.15) is 10.7 Å². The smallest absolute Gasteiger partial charge is 0.407 e. The Kier molecular flexibility index (Phi) is 3.64. The number of nitrogens with zero attached hydrogens (tertiary/aromatic N) is 5. The zero-order valence-corrected chi connectivity index (χ0v) is 14.3. The van der Waals surface area contributed by atoms with Crippen molar-refractivity contribution < 1.29 is 9.90 Å². The molecule has 0 saturated carbocycles. The first-order valence-electron chi connectivity index (χ1n) is 7.97. The molecule has 1 saturated heterocycles. The lowest BCUT2D eigenvalue weighted by atomic mass is 10.0. The molecule has 0 unspecified atom stereocenters. The summed E-state index contributed by atoms with van der Waals surface area (Å²) in [4.78, 5) is 34.1. The van der Waals surface area contributed by atoms with Gasteiger partial charge in [-0.2, -0.15) is 0 Å². The monoisotopic (exact) mass is 361 g/mol. The second kappa shape index (κ2) is 5.73. The number of halogens is 1. The molecule has 0 atom stereocenters. The molecule has 4 heterocycles. The number of hydrogen-bond acceptors (Lipinski definition) is 4. The summed E-state index contributed by atoms with van der Waals surface area (Å²) in [5.41, 5.74) is 2.49. The highest BCUT2D eigenvalue weighted by Crippen LogP contribution is 2.29. The largest absolute Gasteiger partial charge is 0.465 e. The van der Waals surface area contributed by atoms with Crippen molar-refractivity contribution >= 4 is 39.8 Å². The van der Waals surface area contributed by atoms with Crippen LogP contribution >= 0.6 is 11.6 Å². The number of imidazole rings is 1. The average Bonchev–Trinajstić information content (AvgIpc) is 2.86. The number of amides is 1. The number of aryl methyl sites for hydroxylation is 1. The standard InChI is InChI=1S/C16H16ClN5O3/c1-20-11-8-18-10-2-3-12(17)19-13(10)14(11)22(15(20)23)9-4-6-21(7-5-9)16(24)25/h2-3,8-9H,4-7H2,1H3,(H,24,25). The predicted octanol–water partition coefficient (Wildman–Crippen LogP) is 2.25. The molecule has 130 valence electrons. The summed E-state index contributed by atoms with van der Waals surface area (Å²) >= 11 is 6.05. The maximum Gasteiger partial charge on any atom is 0.407 e. The van der Waals surface area contributed by atoms with E-state index in [0.717, 1.165) is 0 Å². The topological polar surface area (TPSA) is 93.2 Å². The van der Waals surface area contributed by atoms with Crippen LogP contribution in [-0.2, 0) is 7.05 Å². The van der Waals surface area contributed by atoms with Gasteiger partial charge in [-0.05, 0) is 25.0 Å². The Bertz CT molecular complexity index is 1050. The third-order valence-corrected chi connectivity index (χ3v) is 5.04. The lowest BCUT2D eigenvalue weighted by Gasteiger charge is -2.30. The Hall–Kier alpha value is -2.61. The minimum atomic E-state index is -0.924. The number of likely N-dealkylation sites (tertiary alicyclic amines) is 1. The Morgan fingerprint density at radius 1 is 1.32 bits per heavy atom. The second-order valence-electron chi connectivity index (χ2n) is 6.21. The lowest BCUT2D eigenvalue weighted by molar-refractivity contribution is 0.125. The Morgan fingerprint density at radius 3 is 2.72 bits per heavy atom. The Balaban J connectivity index is 1.91. The highest BCUT2D eigenvalue weighted by molar-refractivity contribution is 6.30. The molecule has 1 amide bonds. The molecule has 4 rings (SSSR count). The molecular weight excluding hydrogens is 346 g/mol. The molecular formula is C16H16ClN5O3. The highest BCUT2D eigenvalue weighted by Gasteiger charge is 2.27. The third-order valence-electron chi connectivity index (χ3n) is 4.83. The van der Waals surface area contributed by atoms with Crippen LogP contribution < -0.4 is 5.69 Å². The fraction of sp³-hybridized carbons (Fsp3) is 0.375. The molecule has 8 nitrogen and oxygen atoms in total. The zero-order valence-electron chi connectivity index (χ0n) is 13.5. The minimum absolute atomic E-state index is 0.0850. The van der Waals surface area contributed by atoms with Gasteiger partial charge in [0.2, 0.25) is 0 Å². The van der Waals surface area contributed by atoms with Gasteiger partial charge in [-0.3, -0.25) is 14.1 Å². The maximum atomic E-state index is 12.8. The first kappa shape index (κ1) is 15.9. The number of aromatic nitrogens is 4. The van der Waals surface area contributed by atoms with E-state index in [1.54, 1.807) is 34.5 Å². The average molecular weight is 362 g/mol. The molecule has 0 spiro atoms. The van der Waals surface area contributed by atoms with Gasteiger partial charge in [-0.1, -0.05) is 11.6 Å². The van der Waals surface area contributed by atoms with E-state index in [1.807, 2.05) is 0 Å². The summed E-state index contributed by atoms with van der Waals surface area (Å²) in [5.74, 6) is 0. The molecule has 0 aromatic carbocycles. The highest BCUT2D eigenvalue weighted by atomic mass is 35.5. The SMILES string of the molecule is Cn1c(=O)n(C2CCN(C(=O)O)CC2)c2c3nc(Cl)ccc3ncc21. The summed E-state index contributed by atoms with van der Waals surface area (Å²) in [7, 11) is 1.70. The number of rotatable bonds is 1. The summed E-state index contributed by atoms with van der Waals surface area (Å²) < 4.78 is 3.27. The van der Waals surface area contributed by atoms with Crippen molar-refractivity contribution in [3.63, 3.8) is 0 Å². The second-order valence-corrected chi connectivity index (χ2v) is 6.59. The number of hydrogen-bond donors (Lipinski definition) is 1. The van der Waals surface area contributed by atoms with Crippen LogP contribution in [0.4, 0.5) is 4.79 Å². The van der Waals surface area contributed by atoms with E-state index in [-0.39, 0.29) is 11.7 Å². The molecule has 0 bridgehead atoms. The van der Waals surface area contributed by atoms with Gasteiger partial charge in [-0.25, -0.2) is 14.6 Å². The van der Waals surface area contributed by atoms with Gasteiger partial charge in [-0.15, -0.1) is 0 Å². The van der Waals surface area contributed by atoms with Crippen molar-refractivity contribution in [1.82, 2.24) is 24.0 Å². The fourth-order valence-electron chi connectivity index (χ4n) is 3.52. The van der Waals surface area contributed by atoms with Crippen molar-refractivity contribution in [2.75, 3.05) is 13.1 Å². The van der Waals surface area contributed by atoms with Crippen LogP contribution in [0, 0.1) is 0 Å². The summed E-state index contributed by atoms with van der Waals surface area (Å²) in [5, 5.41) is 9.46. The number of pyridine rings is 2. The first-order valence-corrected chi connectivity index (χ1v) is 8.35. The van der Waals surface area contributed by atoms with Gasteiger partial charge in [0.25, 0.3) is 0 Å². The minimum Gasteiger partial charge on any atom is -0.465 e. The van der Waals surface area contributed by atoms with Crippen LogP contribution in [0.3, 0.4) is 0 Å². The van der Waals surface area contributed by atoms with Crippen LogP contribution in [0.15, 0.2) is 23.1 Å². The molecule has 0 radical (unpaired) electrons. The van der Waals surface area contributed by atoms with Crippen LogP contribution in [0.2, 0.25) is 5.15 Å². The van der Waals surface area contributed by atoms with Gasteiger partial charge < -0.3 is 10.0 Å². The van der Waals surface area contributed by atoms with Gasteiger partial charge >= 0.3 is 11.8 Å². The van der Waals surface area contributed by atoms with E-state index in [1.165, 1.54) is 4.90 Å². The number of carboxylic acid groups (broad SMARTS) is 1. The van der Waals surface area contributed by atoms with E-state index < -0.39 is 6.09 Å². The quantitative estimate of drug-likeness (QED) is 0.671. The maximum absolute atomic E-state index is 12.8. The van der Waals surface area contributed by atoms with Crippen molar-refractivity contribution in [3.8, 4) is 0 Å². The van der Waals surface area contributed by atoms with Gasteiger partial charge in [0.15, 0.2) is 0 Å². The molecule has 1 aliphatic heterocycles. The van der Waals surface area contributed by atoms with Crippen LogP contribution in [0.25, 0.3) is 22.1 Å². The molecule has 0 aliphatic carbocycles. The van der Waals surface area contributed by atoms with E-state index in [2.05, 4.69) is 9.97 Å². The number of carbonyl (C=O) groups is 1. The van der Waals surface area contributed by atoms with Crippen molar-refractivity contribution in [2.45, 2.75) is 18.9 Å². The molecule has 3 aromatic heterocycles. The van der Waals surface area contributed by atoms with Crippen molar-refractivity contribution in [3.05, 3.63) is 34.0 Å². The van der Waals surface area contributed by atoms with E-state index >= 15 is 0 Å². The van der Waals surface area contributed by atoms with Crippen LogP contribution in [0.5, 0.6) is 0 Å². The van der Waals surface area contributed by atoms with E-state index in [0.29, 0.717) is 53.2 Å². The fourth-order valence-corrected chi connectivity index (χ4v) is 3.66. The molecule has 1 N–H and O–H groups in total. The molecule has 3 aromatic rings. The summed E-state index contributed by atoms with van der Waals surface area (Å²) in [6.07, 6.45) is 1.90. The summed E-state index contributed by atoms with van der Waals surface area (Å²) in [6, 6.07) is 3.36. The number of fused-ring (bicyclic) bond motifs is 3. The molecule has 9 heteroatoms. The lowest BCUT2D eigenvalue weighted by Crippen LogP contribution is -2.40. The van der Waals surface area contributed by atoms with Gasteiger partial charge in [0.05, 0.1) is 22.7 Å². The van der Waals surface area contributed by atoms with E-state index in [4.69, 9.17) is 16.7 Å². The van der Waals surface area contributed by atoms with Gasteiger partial charge in [0, 0.05) is 26.2 Å². The van der Waals surface area contributed by atoms with Crippen molar-refractivity contribution in [1.29, 1.82) is 0 Å².